The van der Waals surface area contributed by atoms with E-state index in [-0.39, 0.29) is 0 Å². The SMILES string of the molecule is CN=C(NCc1noc(C)n1)N1CCN(c2cccc(C)c2)CC1. The molecule has 1 aromatic heterocycles. The predicted molar refractivity (Wildman–Crippen MR) is 94.2 cm³/mol. The van der Waals surface area contributed by atoms with Gasteiger partial charge in [-0.25, -0.2) is 0 Å². The maximum Gasteiger partial charge on any atom is 0.223 e. The molecule has 2 aromatic rings. The van der Waals surface area contributed by atoms with Crippen LogP contribution in [0.5, 0.6) is 0 Å². The maximum atomic E-state index is 4.99. The van der Waals surface area contributed by atoms with Crippen LogP contribution in [0.4, 0.5) is 5.69 Å². The molecule has 24 heavy (non-hydrogen) atoms. The highest BCUT2D eigenvalue weighted by Gasteiger charge is 2.20. The van der Waals surface area contributed by atoms with Gasteiger partial charge in [0.2, 0.25) is 5.89 Å². The fourth-order valence-corrected chi connectivity index (χ4v) is 2.90. The number of nitrogens with zero attached hydrogens (tertiary/aromatic N) is 5. The first-order valence-corrected chi connectivity index (χ1v) is 8.22. The summed E-state index contributed by atoms with van der Waals surface area (Å²) in [5.74, 6) is 2.10. The number of guanidine groups is 1. The maximum absolute atomic E-state index is 4.99. The highest BCUT2D eigenvalue weighted by molar-refractivity contribution is 5.80. The van der Waals surface area contributed by atoms with Gasteiger partial charge in [-0.2, -0.15) is 4.98 Å². The molecule has 0 aliphatic carbocycles. The van der Waals surface area contributed by atoms with Gasteiger partial charge in [-0.3, -0.25) is 4.99 Å². The number of nitrogens with one attached hydrogen (secondary N) is 1. The Hall–Kier alpha value is -2.57. The summed E-state index contributed by atoms with van der Waals surface area (Å²) >= 11 is 0. The fourth-order valence-electron chi connectivity index (χ4n) is 2.90. The third-order valence-corrected chi connectivity index (χ3v) is 4.13. The van der Waals surface area contributed by atoms with Crippen molar-refractivity contribution in [3.63, 3.8) is 0 Å². The molecule has 1 fully saturated rings. The minimum Gasteiger partial charge on any atom is -0.368 e. The number of hydrogen-bond acceptors (Lipinski definition) is 5. The quantitative estimate of drug-likeness (QED) is 0.681. The zero-order valence-corrected chi connectivity index (χ0v) is 14.5. The van der Waals surface area contributed by atoms with E-state index in [1.165, 1.54) is 11.3 Å². The largest absolute Gasteiger partial charge is 0.368 e. The van der Waals surface area contributed by atoms with Gasteiger partial charge < -0.3 is 19.6 Å². The van der Waals surface area contributed by atoms with Gasteiger partial charge in [0.1, 0.15) is 0 Å². The van der Waals surface area contributed by atoms with E-state index < -0.39 is 0 Å². The van der Waals surface area contributed by atoms with E-state index in [0.29, 0.717) is 18.3 Å². The van der Waals surface area contributed by atoms with Crippen molar-refractivity contribution in [2.75, 3.05) is 38.1 Å². The number of hydrogen-bond donors (Lipinski definition) is 1. The summed E-state index contributed by atoms with van der Waals surface area (Å²) in [4.78, 5) is 13.3. The van der Waals surface area contributed by atoms with Gasteiger partial charge in [0.25, 0.3) is 0 Å². The number of aromatic nitrogens is 2. The standard InChI is InChI=1S/C17H24N6O/c1-13-5-4-6-15(11-13)22-7-9-23(10-8-22)17(18-3)19-12-16-20-14(2)24-21-16/h4-6,11H,7-10,12H2,1-3H3,(H,18,19). The average Bonchev–Trinajstić information content (AvgIpc) is 3.01. The highest BCUT2D eigenvalue weighted by Crippen LogP contribution is 2.17. The second-order valence-electron chi connectivity index (χ2n) is 5.94. The molecular formula is C17H24N6O. The minimum atomic E-state index is 0.516. The summed E-state index contributed by atoms with van der Waals surface area (Å²) in [5.41, 5.74) is 2.59. The predicted octanol–water partition coefficient (Wildman–Crippen LogP) is 1.58. The van der Waals surface area contributed by atoms with Gasteiger partial charge in [-0.1, -0.05) is 17.3 Å². The van der Waals surface area contributed by atoms with Crippen LogP contribution >= 0.6 is 0 Å². The Balaban J connectivity index is 1.54. The molecule has 1 N–H and O–H groups in total. The van der Waals surface area contributed by atoms with Crippen LogP contribution in [0.3, 0.4) is 0 Å². The summed E-state index contributed by atoms with van der Waals surface area (Å²) < 4.78 is 4.99. The second kappa shape index (κ2) is 7.33. The van der Waals surface area contributed by atoms with Gasteiger partial charge in [0.15, 0.2) is 11.8 Å². The molecule has 0 atom stereocenters. The smallest absolute Gasteiger partial charge is 0.223 e. The lowest BCUT2D eigenvalue weighted by Crippen LogP contribution is -2.52. The zero-order valence-electron chi connectivity index (χ0n) is 14.5. The Bertz CT molecular complexity index is 703. The Labute approximate surface area is 142 Å². The van der Waals surface area contributed by atoms with Crippen LogP contribution in [0.1, 0.15) is 17.3 Å². The third-order valence-electron chi connectivity index (χ3n) is 4.13. The van der Waals surface area contributed by atoms with Crippen molar-refractivity contribution in [3.8, 4) is 0 Å². The van der Waals surface area contributed by atoms with Crippen LogP contribution in [-0.2, 0) is 6.54 Å². The molecule has 0 saturated carbocycles. The summed E-state index contributed by atoms with van der Waals surface area (Å²) in [5, 5.41) is 7.20. The van der Waals surface area contributed by atoms with Crippen molar-refractivity contribution < 1.29 is 4.52 Å². The van der Waals surface area contributed by atoms with E-state index in [1.807, 2.05) is 0 Å². The van der Waals surface area contributed by atoms with Gasteiger partial charge in [0, 0.05) is 45.8 Å². The lowest BCUT2D eigenvalue weighted by molar-refractivity contribution is 0.369. The normalized spacial score (nSPS) is 15.7. The van der Waals surface area contributed by atoms with E-state index in [0.717, 1.165) is 32.1 Å². The summed E-state index contributed by atoms with van der Waals surface area (Å²) in [7, 11) is 1.80. The summed E-state index contributed by atoms with van der Waals surface area (Å²) in [6, 6.07) is 8.66. The van der Waals surface area contributed by atoms with Crippen LogP contribution in [0.25, 0.3) is 0 Å². The third kappa shape index (κ3) is 3.84. The van der Waals surface area contributed by atoms with Crippen molar-refractivity contribution in [1.82, 2.24) is 20.4 Å². The summed E-state index contributed by atoms with van der Waals surface area (Å²) in [6.45, 7) is 8.25. The molecule has 2 heterocycles. The van der Waals surface area contributed by atoms with E-state index in [9.17, 15) is 0 Å². The van der Waals surface area contributed by atoms with Crippen molar-refractivity contribution in [2.45, 2.75) is 20.4 Å². The fraction of sp³-hybridized carbons (Fsp3) is 0.471. The summed E-state index contributed by atoms with van der Waals surface area (Å²) in [6.07, 6.45) is 0. The Kier molecular flexibility index (Phi) is 4.98. The first-order valence-electron chi connectivity index (χ1n) is 8.22. The van der Waals surface area contributed by atoms with Crippen molar-refractivity contribution >= 4 is 11.6 Å². The number of aliphatic imine (C=N–C) groups is 1. The molecule has 1 aromatic carbocycles. The number of benzene rings is 1. The number of piperazine rings is 1. The van der Waals surface area contributed by atoms with Crippen LogP contribution in [0, 0.1) is 13.8 Å². The highest BCUT2D eigenvalue weighted by atomic mass is 16.5. The molecule has 7 heteroatoms. The molecule has 0 amide bonds. The van der Waals surface area contributed by atoms with Gasteiger partial charge in [-0.05, 0) is 24.6 Å². The lowest BCUT2D eigenvalue weighted by Gasteiger charge is -2.37. The molecule has 0 bridgehead atoms. The van der Waals surface area contributed by atoms with E-state index in [2.05, 4.69) is 61.4 Å². The first-order chi connectivity index (χ1) is 11.7. The van der Waals surface area contributed by atoms with Crippen LogP contribution in [-0.4, -0.2) is 54.2 Å². The topological polar surface area (TPSA) is 69.8 Å². The van der Waals surface area contributed by atoms with Crippen molar-refractivity contribution in [1.29, 1.82) is 0 Å². The zero-order chi connectivity index (χ0) is 16.9. The van der Waals surface area contributed by atoms with Crippen LogP contribution in [0.15, 0.2) is 33.8 Å². The monoisotopic (exact) mass is 328 g/mol. The van der Waals surface area contributed by atoms with Gasteiger partial charge in [-0.15, -0.1) is 0 Å². The van der Waals surface area contributed by atoms with E-state index >= 15 is 0 Å². The Morgan fingerprint density at radius 3 is 2.67 bits per heavy atom. The van der Waals surface area contributed by atoms with Crippen LogP contribution < -0.4 is 10.2 Å². The van der Waals surface area contributed by atoms with Crippen LogP contribution in [0.2, 0.25) is 0 Å². The Morgan fingerprint density at radius 2 is 2.04 bits per heavy atom. The Morgan fingerprint density at radius 1 is 1.25 bits per heavy atom. The first kappa shape index (κ1) is 16.3. The molecule has 1 aliphatic heterocycles. The lowest BCUT2D eigenvalue weighted by atomic mass is 10.2. The molecule has 1 aliphatic rings. The minimum absolute atomic E-state index is 0.516. The number of anilines is 1. The molecular weight excluding hydrogens is 304 g/mol. The molecule has 0 spiro atoms. The van der Waals surface area contributed by atoms with Gasteiger partial charge in [0.05, 0.1) is 6.54 Å². The van der Waals surface area contributed by atoms with Crippen molar-refractivity contribution in [2.24, 2.45) is 4.99 Å². The molecule has 7 nitrogen and oxygen atoms in total. The van der Waals surface area contributed by atoms with E-state index in [4.69, 9.17) is 4.52 Å². The average molecular weight is 328 g/mol. The number of rotatable bonds is 3. The number of aryl methyl sites for hydroxylation is 2. The molecule has 1 saturated heterocycles. The molecule has 0 unspecified atom stereocenters. The second-order valence-corrected chi connectivity index (χ2v) is 5.94. The van der Waals surface area contributed by atoms with Gasteiger partial charge >= 0.3 is 0 Å². The van der Waals surface area contributed by atoms with E-state index in [1.54, 1.807) is 14.0 Å². The molecule has 0 radical (unpaired) electrons. The van der Waals surface area contributed by atoms with Crippen molar-refractivity contribution in [3.05, 3.63) is 41.5 Å². The molecule has 128 valence electrons. The molecule has 3 rings (SSSR count).